The van der Waals surface area contributed by atoms with Gasteiger partial charge in [0.05, 0.1) is 5.75 Å². The highest BCUT2D eigenvalue weighted by Gasteiger charge is 2.14. The molecule has 2 aromatic rings. The first-order valence-corrected chi connectivity index (χ1v) is 10.4. The van der Waals surface area contributed by atoms with Gasteiger partial charge in [-0.05, 0) is 30.4 Å². The Morgan fingerprint density at radius 3 is 2.73 bits per heavy atom. The summed E-state index contributed by atoms with van der Waals surface area (Å²) in [5.41, 5.74) is 0.818. The van der Waals surface area contributed by atoms with E-state index in [4.69, 9.17) is 4.74 Å². The molecule has 142 valence electrons. The van der Waals surface area contributed by atoms with E-state index < -0.39 is 0 Å². The third kappa shape index (κ3) is 5.93. The minimum atomic E-state index is -0.265. The van der Waals surface area contributed by atoms with E-state index in [9.17, 15) is 9.59 Å². The number of carbonyl (C=O) groups is 1. The average Bonchev–Trinajstić information content (AvgIpc) is 3.00. The lowest BCUT2D eigenvalue weighted by molar-refractivity contribution is -0.127. The zero-order valence-corrected chi connectivity index (χ0v) is 16.9. The van der Waals surface area contributed by atoms with Crippen LogP contribution in [-0.2, 0) is 22.6 Å². The predicted octanol–water partition coefficient (Wildman–Crippen LogP) is 2.08. The quantitative estimate of drug-likeness (QED) is 0.489. The average molecular weight is 397 g/mol. The number of hydrogen-bond donors (Lipinski definition) is 1. The summed E-state index contributed by atoms with van der Waals surface area (Å²) in [5.74, 6) is 0.219. The monoisotopic (exact) mass is 396 g/mol. The van der Waals surface area contributed by atoms with Crippen LogP contribution in [-0.4, -0.2) is 58.3 Å². The summed E-state index contributed by atoms with van der Waals surface area (Å²) >= 11 is 2.95. The highest BCUT2D eigenvalue weighted by molar-refractivity contribution is 7.99. The highest BCUT2D eigenvalue weighted by atomic mass is 32.2. The van der Waals surface area contributed by atoms with Gasteiger partial charge < -0.3 is 9.64 Å². The van der Waals surface area contributed by atoms with Gasteiger partial charge in [-0.3, -0.25) is 9.36 Å². The van der Waals surface area contributed by atoms with E-state index in [0.717, 1.165) is 5.56 Å². The number of ether oxygens (including phenoxy) is 1. The van der Waals surface area contributed by atoms with E-state index in [1.807, 2.05) is 18.4 Å². The maximum absolute atomic E-state index is 12.4. The van der Waals surface area contributed by atoms with E-state index in [2.05, 4.69) is 22.3 Å². The molecule has 1 N–H and O–H groups in total. The number of rotatable bonds is 10. The van der Waals surface area contributed by atoms with Gasteiger partial charge in [0.25, 0.3) is 0 Å². The summed E-state index contributed by atoms with van der Waals surface area (Å²) in [6.07, 6.45) is 2.75. The Morgan fingerprint density at radius 1 is 1.35 bits per heavy atom. The topological polar surface area (TPSA) is 80.2 Å². The molecule has 7 nitrogen and oxygen atoms in total. The normalized spacial score (nSPS) is 10.9. The SMILES string of the molecule is COCCCn1c(SCC(=O)N(C)Cc2ccc(SC)cc2)n[nH]c1=O. The van der Waals surface area contributed by atoms with Crippen LogP contribution in [0.25, 0.3) is 0 Å². The minimum Gasteiger partial charge on any atom is -0.385 e. The molecular weight excluding hydrogens is 372 g/mol. The number of aromatic nitrogens is 3. The summed E-state index contributed by atoms with van der Waals surface area (Å²) in [6.45, 7) is 1.63. The Hall–Kier alpha value is -1.71. The first kappa shape index (κ1) is 20.6. The third-order valence-corrected chi connectivity index (χ3v) is 5.49. The molecule has 26 heavy (non-hydrogen) atoms. The lowest BCUT2D eigenvalue weighted by Crippen LogP contribution is -2.28. The van der Waals surface area contributed by atoms with Gasteiger partial charge in [0, 0.05) is 38.7 Å². The highest BCUT2D eigenvalue weighted by Crippen LogP contribution is 2.17. The number of nitrogens with zero attached hydrogens (tertiary/aromatic N) is 3. The van der Waals surface area contributed by atoms with Gasteiger partial charge in [-0.25, -0.2) is 9.89 Å². The molecule has 0 radical (unpaired) electrons. The van der Waals surface area contributed by atoms with Crippen molar-refractivity contribution in [1.29, 1.82) is 0 Å². The van der Waals surface area contributed by atoms with Crippen LogP contribution in [0, 0.1) is 0 Å². The van der Waals surface area contributed by atoms with Crippen molar-refractivity contribution in [3.8, 4) is 0 Å². The van der Waals surface area contributed by atoms with Gasteiger partial charge in [0.15, 0.2) is 5.16 Å². The number of aromatic amines is 1. The third-order valence-electron chi connectivity index (χ3n) is 3.78. The summed E-state index contributed by atoms with van der Waals surface area (Å²) < 4.78 is 6.55. The second-order valence-corrected chi connectivity index (χ2v) is 7.52. The van der Waals surface area contributed by atoms with Gasteiger partial charge in [0.1, 0.15) is 0 Å². The molecule has 9 heteroatoms. The molecule has 0 atom stereocenters. The molecule has 1 heterocycles. The van der Waals surface area contributed by atoms with Crippen molar-refractivity contribution in [2.75, 3.05) is 32.8 Å². The van der Waals surface area contributed by atoms with Crippen LogP contribution in [0.15, 0.2) is 39.1 Å². The number of hydrogen-bond acceptors (Lipinski definition) is 6. The van der Waals surface area contributed by atoms with Crippen LogP contribution in [0.4, 0.5) is 0 Å². The standard InChI is InChI=1S/C17H24N4O3S2/c1-20(11-13-5-7-14(25-3)8-6-13)15(22)12-26-17-19-18-16(23)21(17)9-4-10-24-2/h5-8H,4,9-12H2,1-3H3,(H,18,23). The van der Waals surface area contributed by atoms with Gasteiger partial charge in [-0.2, -0.15) is 0 Å². The van der Waals surface area contributed by atoms with Crippen molar-refractivity contribution >= 4 is 29.4 Å². The molecule has 0 aliphatic carbocycles. The van der Waals surface area contributed by atoms with Crippen molar-refractivity contribution in [1.82, 2.24) is 19.7 Å². The second-order valence-electron chi connectivity index (χ2n) is 5.70. The van der Waals surface area contributed by atoms with Gasteiger partial charge in [-0.15, -0.1) is 16.9 Å². The molecule has 1 aromatic heterocycles. The molecule has 1 aromatic carbocycles. The maximum Gasteiger partial charge on any atom is 0.343 e. The number of carbonyl (C=O) groups excluding carboxylic acids is 1. The van der Waals surface area contributed by atoms with Crippen LogP contribution in [0.2, 0.25) is 0 Å². The number of thioether (sulfide) groups is 2. The fraction of sp³-hybridized carbons (Fsp3) is 0.471. The lowest BCUT2D eigenvalue weighted by Gasteiger charge is -2.17. The van der Waals surface area contributed by atoms with E-state index in [0.29, 0.717) is 31.3 Å². The maximum atomic E-state index is 12.4. The molecule has 0 saturated carbocycles. The summed E-state index contributed by atoms with van der Waals surface area (Å²) in [7, 11) is 3.40. The van der Waals surface area contributed by atoms with E-state index >= 15 is 0 Å². The predicted molar refractivity (Wildman–Crippen MR) is 105 cm³/mol. The first-order valence-electron chi connectivity index (χ1n) is 8.19. The molecule has 0 aliphatic rings. The molecule has 1 amide bonds. The fourth-order valence-corrected chi connectivity index (χ4v) is 3.63. The molecule has 0 bridgehead atoms. The molecule has 0 unspecified atom stereocenters. The Bertz CT molecular complexity index is 758. The Balaban J connectivity index is 1.88. The van der Waals surface area contributed by atoms with Crippen molar-refractivity contribution in [3.05, 3.63) is 40.3 Å². The Kier molecular flexibility index (Phi) is 8.27. The minimum absolute atomic E-state index is 0.0113. The smallest absolute Gasteiger partial charge is 0.343 e. The number of amides is 1. The number of benzene rings is 1. The number of H-pyrrole nitrogens is 1. The van der Waals surface area contributed by atoms with Crippen LogP contribution in [0.3, 0.4) is 0 Å². The van der Waals surface area contributed by atoms with E-state index in [1.54, 1.807) is 30.8 Å². The van der Waals surface area contributed by atoms with Gasteiger partial charge in [-0.1, -0.05) is 23.9 Å². The van der Waals surface area contributed by atoms with Gasteiger partial charge in [0.2, 0.25) is 5.91 Å². The molecule has 0 saturated heterocycles. The van der Waals surface area contributed by atoms with Gasteiger partial charge >= 0.3 is 5.69 Å². The molecule has 2 rings (SSSR count). The molecule has 0 spiro atoms. The second kappa shape index (κ2) is 10.4. The largest absolute Gasteiger partial charge is 0.385 e. The van der Waals surface area contributed by atoms with E-state index in [-0.39, 0.29) is 17.3 Å². The zero-order valence-electron chi connectivity index (χ0n) is 15.2. The zero-order chi connectivity index (χ0) is 18.9. The van der Waals surface area contributed by atoms with Crippen LogP contribution in [0.1, 0.15) is 12.0 Å². The summed E-state index contributed by atoms with van der Waals surface area (Å²) in [4.78, 5) is 27.1. The lowest BCUT2D eigenvalue weighted by atomic mass is 10.2. The van der Waals surface area contributed by atoms with Crippen molar-refractivity contribution in [2.24, 2.45) is 0 Å². The van der Waals surface area contributed by atoms with Crippen molar-refractivity contribution in [2.45, 2.75) is 29.6 Å². The van der Waals surface area contributed by atoms with Crippen LogP contribution < -0.4 is 5.69 Å². The molecule has 0 fully saturated rings. The number of nitrogens with one attached hydrogen (secondary N) is 1. The van der Waals surface area contributed by atoms with Crippen molar-refractivity contribution < 1.29 is 9.53 Å². The molecular formula is C17H24N4O3S2. The summed E-state index contributed by atoms with van der Waals surface area (Å²) in [6, 6.07) is 8.17. The molecule has 0 aliphatic heterocycles. The first-order chi connectivity index (χ1) is 12.5. The fourth-order valence-electron chi connectivity index (χ4n) is 2.31. The Morgan fingerprint density at radius 2 is 2.08 bits per heavy atom. The van der Waals surface area contributed by atoms with Crippen LogP contribution in [0.5, 0.6) is 0 Å². The number of methoxy groups -OCH3 is 1. The van der Waals surface area contributed by atoms with E-state index in [1.165, 1.54) is 21.2 Å². The van der Waals surface area contributed by atoms with Crippen LogP contribution >= 0.6 is 23.5 Å². The van der Waals surface area contributed by atoms with Crippen molar-refractivity contribution in [3.63, 3.8) is 0 Å². The Labute approximate surface area is 161 Å². The summed E-state index contributed by atoms with van der Waals surface area (Å²) in [5, 5.41) is 6.97.